The molecular formula is C14H10FNO5. The quantitative estimate of drug-likeness (QED) is 0.693. The summed E-state index contributed by atoms with van der Waals surface area (Å²) in [5, 5.41) is 30.3. The molecule has 0 radical (unpaired) electrons. The first kappa shape index (κ1) is 14.3. The number of carboxylic acid groups (broad SMARTS) is 1. The van der Waals surface area contributed by atoms with Crippen LogP contribution in [0.1, 0.15) is 20.7 Å². The molecular weight excluding hydrogens is 281 g/mol. The van der Waals surface area contributed by atoms with Gasteiger partial charge in [-0.1, -0.05) is 6.07 Å². The molecule has 0 aromatic heterocycles. The molecule has 21 heavy (non-hydrogen) atoms. The van der Waals surface area contributed by atoms with Crippen LogP contribution in [-0.4, -0.2) is 27.2 Å². The lowest BCUT2D eigenvalue weighted by atomic mass is 10.1. The Bertz CT molecular complexity index is 709. The first-order valence-corrected chi connectivity index (χ1v) is 5.75. The second kappa shape index (κ2) is 5.49. The van der Waals surface area contributed by atoms with Crippen molar-refractivity contribution in [1.82, 2.24) is 0 Å². The van der Waals surface area contributed by atoms with Crippen molar-refractivity contribution in [2.75, 3.05) is 5.32 Å². The smallest absolute Gasteiger partial charge is 0.337 e. The van der Waals surface area contributed by atoms with Crippen LogP contribution in [0.3, 0.4) is 0 Å². The number of carboxylic acids is 1. The number of phenols is 2. The molecule has 108 valence electrons. The van der Waals surface area contributed by atoms with Crippen molar-refractivity contribution in [3.8, 4) is 11.5 Å². The standard InChI is InChI=1S/C14H10FNO5/c15-7-4-5-8(14(20)21)9(6-7)16-13(19)12-10(17)2-1-3-11(12)18/h1-6,17-18H,(H,16,19)(H,20,21). The van der Waals surface area contributed by atoms with Crippen molar-refractivity contribution >= 4 is 17.6 Å². The third kappa shape index (κ3) is 2.92. The predicted molar refractivity (Wildman–Crippen MR) is 71.1 cm³/mol. The van der Waals surface area contributed by atoms with Crippen LogP contribution in [0.15, 0.2) is 36.4 Å². The van der Waals surface area contributed by atoms with E-state index in [1.54, 1.807) is 0 Å². The lowest BCUT2D eigenvalue weighted by Crippen LogP contribution is -2.15. The van der Waals surface area contributed by atoms with Crippen molar-refractivity contribution in [2.24, 2.45) is 0 Å². The van der Waals surface area contributed by atoms with Crippen molar-refractivity contribution in [1.29, 1.82) is 0 Å². The van der Waals surface area contributed by atoms with Crippen LogP contribution in [0.5, 0.6) is 11.5 Å². The molecule has 0 unspecified atom stereocenters. The number of carbonyl (C=O) groups excluding carboxylic acids is 1. The maximum atomic E-state index is 13.2. The fraction of sp³-hybridized carbons (Fsp3) is 0. The van der Waals surface area contributed by atoms with E-state index in [-0.39, 0.29) is 11.3 Å². The topological polar surface area (TPSA) is 107 Å². The summed E-state index contributed by atoms with van der Waals surface area (Å²) >= 11 is 0. The zero-order valence-corrected chi connectivity index (χ0v) is 10.5. The molecule has 0 fully saturated rings. The summed E-state index contributed by atoms with van der Waals surface area (Å²) in [6, 6.07) is 6.45. The van der Waals surface area contributed by atoms with Gasteiger partial charge in [-0.2, -0.15) is 0 Å². The van der Waals surface area contributed by atoms with Gasteiger partial charge in [0.2, 0.25) is 0 Å². The molecule has 0 saturated carbocycles. The third-order valence-corrected chi connectivity index (χ3v) is 2.71. The van der Waals surface area contributed by atoms with E-state index in [9.17, 15) is 24.2 Å². The summed E-state index contributed by atoms with van der Waals surface area (Å²) in [5.74, 6) is -4.02. The lowest BCUT2D eigenvalue weighted by Gasteiger charge is -2.10. The number of nitrogens with one attached hydrogen (secondary N) is 1. The van der Waals surface area contributed by atoms with E-state index in [1.807, 2.05) is 0 Å². The summed E-state index contributed by atoms with van der Waals surface area (Å²) in [4.78, 5) is 23.0. The van der Waals surface area contributed by atoms with Gasteiger partial charge in [0.25, 0.3) is 5.91 Å². The van der Waals surface area contributed by atoms with Crippen molar-refractivity contribution < 1.29 is 29.3 Å². The maximum absolute atomic E-state index is 13.2. The van der Waals surface area contributed by atoms with Gasteiger partial charge in [-0.3, -0.25) is 4.79 Å². The van der Waals surface area contributed by atoms with E-state index in [0.29, 0.717) is 0 Å². The number of aromatic hydroxyl groups is 2. The van der Waals surface area contributed by atoms with E-state index in [0.717, 1.165) is 18.2 Å². The van der Waals surface area contributed by atoms with Crippen LogP contribution in [0.2, 0.25) is 0 Å². The number of anilines is 1. The fourth-order valence-electron chi connectivity index (χ4n) is 1.75. The first-order chi connectivity index (χ1) is 9.90. The van der Waals surface area contributed by atoms with Crippen LogP contribution < -0.4 is 5.32 Å². The summed E-state index contributed by atoms with van der Waals surface area (Å²) < 4.78 is 13.2. The zero-order valence-electron chi connectivity index (χ0n) is 10.5. The van der Waals surface area contributed by atoms with Crippen molar-refractivity contribution in [2.45, 2.75) is 0 Å². The second-order valence-corrected chi connectivity index (χ2v) is 4.12. The number of aromatic carboxylic acids is 1. The van der Waals surface area contributed by atoms with Gasteiger partial charge in [0.15, 0.2) is 0 Å². The Hall–Kier alpha value is -3.09. The normalized spacial score (nSPS) is 10.1. The molecule has 0 aliphatic carbocycles. The van der Waals surface area contributed by atoms with Gasteiger partial charge in [0, 0.05) is 0 Å². The SMILES string of the molecule is O=C(O)c1ccc(F)cc1NC(=O)c1c(O)cccc1O. The molecule has 0 atom stereocenters. The Kier molecular flexibility index (Phi) is 3.75. The predicted octanol–water partition coefficient (Wildman–Crippen LogP) is 2.19. The van der Waals surface area contributed by atoms with Crippen LogP contribution in [0.25, 0.3) is 0 Å². The molecule has 6 nitrogen and oxygen atoms in total. The number of hydrogen-bond acceptors (Lipinski definition) is 4. The number of carbonyl (C=O) groups is 2. The number of hydrogen-bond donors (Lipinski definition) is 4. The highest BCUT2D eigenvalue weighted by atomic mass is 19.1. The third-order valence-electron chi connectivity index (χ3n) is 2.71. The highest BCUT2D eigenvalue weighted by Gasteiger charge is 2.19. The molecule has 0 spiro atoms. The monoisotopic (exact) mass is 291 g/mol. The van der Waals surface area contributed by atoms with Gasteiger partial charge in [-0.05, 0) is 30.3 Å². The maximum Gasteiger partial charge on any atom is 0.337 e. The summed E-state index contributed by atoms with van der Waals surface area (Å²) in [5.41, 5.74) is -1.03. The van der Waals surface area contributed by atoms with Gasteiger partial charge in [0.1, 0.15) is 22.9 Å². The summed E-state index contributed by atoms with van der Waals surface area (Å²) in [6.07, 6.45) is 0. The first-order valence-electron chi connectivity index (χ1n) is 5.75. The molecule has 2 aromatic rings. The molecule has 0 aliphatic heterocycles. The molecule has 0 heterocycles. The minimum absolute atomic E-state index is 0.282. The Balaban J connectivity index is 2.40. The molecule has 0 aliphatic rings. The lowest BCUT2D eigenvalue weighted by molar-refractivity contribution is 0.0698. The van der Waals surface area contributed by atoms with Crippen LogP contribution in [0.4, 0.5) is 10.1 Å². The van der Waals surface area contributed by atoms with Gasteiger partial charge in [0.05, 0.1) is 11.3 Å². The second-order valence-electron chi connectivity index (χ2n) is 4.12. The molecule has 0 saturated heterocycles. The number of benzene rings is 2. The average Bonchev–Trinajstić information content (AvgIpc) is 2.38. The van der Waals surface area contributed by atoms with Gasteiger partial charge in [-0.15, -0.1) is 0 Å². The summed E-state index contributed by atoms with van der Waals surface area (Å²) in [7, 11) is 0. The fourth-order valence-corrected chi connectivity index (χ4v) is 1.75. The summed E-state index contributed by atoms with van der Waals surface area (Å²) in [6.45, 7) is 0. The molecule has 7 heteroatoms. The molecule has 2 aromatic carbocycles. The Morgan fingerprint density at radius 3 is 2.24 bits per heavy atom. The largest absolute Gasteiger partial charge is 0.507 e. The molecule has 4 N–H and O–H groups in total. The average molecular weight is 291 g/mol. The van der Waals surface area contributed by atoms with Crippen LogP contribution >= 0.6 is 0 Å². The Labute approximate surface area is 118 Å². The van der Waals surface area contributed by atoms with E-state index in [4.69, 9.17) is 5.11 Å². The van der Waals surface area contributed by atoms with Gasteiger partial charge in [-0.25, -0.2) is 9.18 Å². The minimum Gasteiger partial charge on any atom is -0.507 e. The number of rotatable bonds is 3. The number of halogens is 1. The van der Waals surface area contributed by atoms with E-state index >= 15 is 0 Å². The zero-order chi connectivity index (χ0) is 15.6. The Morgan fingerprint density at radius 2 is 1.67 bits per heavy atom. The van der Waals surface area contributed by atoms with Crippen molar-refractivity contribution in [3.05, 3.63) is 53.3 Å². The number of phenolic OH excluding ortho intramolecular Hbond substituents is 2. The van der Waals surface area contributed by atoms with E-state index < -0.39 is 34.8 Å². The van der Waals surface area contributed by atoms with Gasteiger partial charge < -0.3 is 20.6 Å². The molecule has 2 rings (SSSR count). The van der Waals surface area contributed by atoms with Gasteiger partial charge >= 0.3 is 5.97 Å². The molecule has 0 bridgehead atoms. The van der Waals surface area contributed by atoms with E-state index in [1.165, 1.54) is 18.2 Å². The Morgan fingerprint density at radius 1 is 1.05 bits per heavy atom. The molecule has 1 amide bonds. The van der Waals surface area contributed by atoms with E-state index in [2.05, 4.69) is 5.32 Å². The highest BCUT2D eigenvalue weighted by molar-refractivity contribution is 6.10. The van der Waals surface area contributed by atoms with Crippen LogP contribution in [0, 0.1) is 5.82 Å². The minimum atomic E-state index is -1.35. The highest BCUT2D eigenvalue weighted by Crippen LogP contribution is 2.28. The van der Waals surface area contributed by atoms with Crippen molar-refractivity contribution in [3.63, 3.8) is 0 Å². The van der Waals surface area contributed by atoms with Crippen LogP contribution in [-0.2, 0) is 0 Å². The number of amides is 1.